The molecule has 0 unspecified atom stereocenters. The summed E-state index contributed by atoms with van der Waals surface area (Å²) >= 11 is -0.0799. The number of alkyl halides is 3. The van der Waals surface area contributed by atoms with E-state index in [4.69, 9.17) is 0 Å². The second-order valence-electron chi connectivity index (χ2n) is 3.83. The molecule has 2 N–H and O–H groups in total. The summed E-state index contributed by atoms with van der Waals surface area (Å²) < 4.78 is 36.4. The van der Waals surface area contributed by atoms with Gasteiger partial charge < -0.3 is 10.6 Å². The third-order valence-electron chi connectivity index (χ3n) is 2.56. The largest absolute Gasteiger partial charge is 0.446 e. The Kier molecular flexibility index (Phi) is 3.96. The summed E-state index contributed by atoms with van der Waals surface area (Å²) in [5, 5.41) is 6.55. The Labute approximate surface area is 102 Å². The fourth-order valence-corrected chi connectivity index (χ4v) is 2.33. The SMILES string of the molecule is FC(F)(F)Sc1ccc([C@H]2CNCCN2)cc1. The van der Waals surface area contributed by atoms with E-state index >= 15 is 0 Å². The van der Waals surface area contributed by atoms with E-state index in [1.54, 1.807) is 12.1 Å². The third kappa shape index (κ3) is 3.90. The van der Waals surface area contributed by atoms with Crippen molar-refractivity contribution in [1.82, 2.24) is 10.6 Å². The topological polar surface area (TPSA) is 24.1 Å². The molecule has 1 aromatic rings. The van der Waals surface area contributed by atoms with Gasteiger partial charge >= 0.3 is 5.51 Å². The number of thioether (sulfide) groups is 1. The molecular weight excluding hydrogens is 249 g/mol. The highest BCUT2D eigenvalue weighted by molar-refractivity contribution is 8.00. The van der Waals surface area contributed by atoms with Gasteiger partial charge in [0, 0.05) is 30.6 Å². The molecule has 17 heavy (non-hydrogen) atoms. The van der Waals surface area contributed by atoms with Crippen LogP contribution in [0.5, 0.6) is 0 Å². The summed E-state index contributed by atoms with van der Waals surface area (Å²) in [7, 11) is 0. The minimum Gasteiger partial charge on any atom is -0.314 e. The van der Waals surface area contributed by atoms with Crippen molar-refractivity contribution in [2.24, 2.45) is 0 Å². The summed E-state index contributed by atoms with van der Waals surface area (Å²) in [5.74, 6) is 0. The first kappa shape index (κ1) is 12.7. The summed E-state index contributed by atoms with van der Waals surface area (Å²) in [5.41, 5.74) is -3.20. The maximum atomic E-state index is 12.1. The van der Waals surface area contributed by atoms with Gasteiger partial charge in [-0.05, 0) is 29.5 Å². The fourth-order valence-electron chi connectivity index (χ4n) is 1.79. The van der Waals surface area contributed by atoms with Crippen molar-refractivity contribution >= 4 is 11.8 Å². The smallest absolute Gasteiger partial charge is 0.314 e. The first-order valence-electron chi connectivity index (χ1n) is 5.34. The van der Waals surface area contributed by atoms with Gasteiger partial charge in [0.05, 0.1) is 0 Å². The highest BCUT2D eigenvalue weighted by Gasteiger charge is 2.29. The first-order chi connectivity index (χ1) is 8.04. The van der Waals surface area contributed by atoms with Crippen molar-refractivity contribution < 1.29 is 13.2 Å². The van der Waals surface area contributed by atoms with Crippen molar-refractivity contribution in [3.63, 3.8) is 0 Å². The highest BCUT2D eigenvalue weighted by Crippen LogP contribution is 2.36. The molecule has 94 valence electrons. The molecule has 1 atom stereocenters. The molecule has 0 bridgehead atoms. The van der Waals surface area contributed by atoms with Crippen LogP contribution in [0.25, 0.3) is 0 Å². The molecule has 1 aromatic carbocycles. The molecule has 0 amide bonds. The Hall–Kier alpha value is -0.720. The summed E-state index contributed by atoms with van der Waals surface area (Å²) in [6.45, 7) is 2.62. The van der Waals surface area contributed by atoms with Crippen LogP contribution < -0.4 is 10.6 Å². The summed E-state index contributed by atoms with van der Waals surface area (Å²) in [6, 6.07) is 6.72. The fraction of sp³-hybridized carbons (Fsp3) is 0.455. The van der Waals surface area contributed by atoms with Crippen LogP contribution in [0.3, 0.4) is 0 Å². The van der Waals surface area contributed by atoms with Crippen LogP contribution in [0.15, 0.2) is 29.2 Å². The molecule has 1 fully saturated rings. The first-order valence-corrected chi connectivity index (χ1v) is 6.16. The van der Waals surface area contributed by atoms with Gasteiger partial charge in [0.25, 0.3) is 0 Å². The summed E-state index contributed by atoms with van der Waals surface area (Å²) in [4.78, 5) is 0.227. The van der Waals surface area contributed by atoms with Crippen molar-refractivity contribution in [3.8, 4) is 0 Å². The van der Waals surface area contributed by atoms with Crippen molar-refractivity contribution in [3.05, 3.63) is 29.8 Å². The lowest BCUT2D eigenvalue weighted by molar-refractivity contribution is -0.0328. The number of rotatable bonds is 2. The Balaban J connectivity index is 2.02. The second kappa shape index (κ2) is 5.29. The molecule has 6 heteroatoms. The molecule has 0 aliphatic carbocycles. The molecule has 0 spiro atoms. The quantitative estimate of drug-likeness (QED) is 0.801. The molecule has 2 rings (SSSR count). The minimum absolute atomic E-state index is 0.0799. The molecule has 0 aromatic heterocycles. The van der Waals surface area contributed by atoms with Gasteiger partial charge in [-0.25, -0.2) is 0 Å². The van der Waals surface area contributed by atoms with Gasteiger partial charge in [0.1, 0.15) is 0 Å². The Morgan fingerprint density at radius 2 is 1.82 bits per heavy atom. The molecule has 2 nitrogen and oxygen atoms in total. The lowest BCUT2D eigenvalue weighted by Crippen LogP contribution is -2.42. The van der Waals surface area contributed by atoms with Crippen molar-refractivity contribution in [2.45, 2.75) is 16.4 Å². The standard InChI is InChI=1S/C11H13F3N2S/c12-11(13,14)17-9-3-1-8(2-4-9)10-7-15-5-6-16-10/h1-4,10,15-16H,5-7H2/t10-/m1/s1. The van der Waals surface area contributed by atoms with Crippen LogP contribution >= 0.6 is 11.8 Å². The van der Waals surface area contributed by atoms with Crippen molar-refractivity contribution in [1.29, 1.82) is 0 Å². The van der Waals surface area contributed by atoms with E-state index in [1.165, 1.54) is 12.1 Å². The predicted octanol–water partition coefficient (Wildman–Crippen LogP) is 2.53. The Morgan fingerprint density at radius 1 is 1.12 bits per heavy atom. The van der Waals surface area contributed by atoms with Crippen LogP contribution in [-0.4, -0.2) is 25.1 Å². The molecule has 1 saturated heterocycles. The van der Waals surface area contributed by atoms with Gasteiger partial charge in [0.15, 0.2) is 0 Å². The number of benzene rings is 1. The van der Waals surface area contributed by atoms with Gasteiger partial charge in [-0.2, -0.15) is 13.2 Å². The van der Waals surface area contributed by atoms with Gasteiger partial charge in [-0.1, -0.05) is 12.1 Å². The zero-order chi connectivity index (χ0) is 12.3. The van der Waals surface area contributed by atoms with Crippen LogP contribution in [-0.2, 0) is 0 Å². The Morgan fingerprint density at radius 3 is 2.35 bits per heavy atom. The average Bonchev–Trinajstić information content (AvgIpc) is 2.29. The maximum absolute atomic E-state index is 12.1. The number of hydrogen-bond donors (Lipinski definition) is 2. The molecule has 0 saturated carbocycles. The van der Waals surface area contributed by atoms with E-state index in [1.807, 2.05) is 0 Å². The van der Waals surface area contributed by atoms with Crippen LogP contribution in [0.2, 0.25) is 0 Å². The monoisotopic (exact) mass is 262 g/mol. The Bertz CT molecular complexity index is 358. The van der Waals surface area contributed by atoms with Crippen LogP contribution in [0.4, 0.5) is 13.2 Å². The molecule has 1 aliphatic heterocycles. The molecule has 1 heterocycles. The lowest BCUT2D eigenvalue weighted by atomic mass is 10.1. The second-order valence-corrected chi connectivity index (χ2v) is 4.97. The zero-order valence-corrected chi connectivity index (χ0v) is 9.87. The van der Waals surface area contributed by atoms with E-state index < -0.39 is 5.51 Å². The zero-order valence-electron chi connectivity index (χ0n) is 9.05. The van der Waals surface area contributed by atoms with E-state index in [0.29, 0.717) is 0 Å². The predicted molar refractivity (Wildman–Crippen MR) is 62.0 cm³/mol. The van der Waals surface area contributed by atoms with Crippen LogP contribution in [0.1, 0.15) is 11.6 Å². The van der Waals surface area contributed by atoms with Crippen molar-refractivity contribution in [2.75, 3.05) is 19.6 Å². The number of hydrogen-bond acceptors (Lipinski definition) is 3. The summed E-state index contributed by atoms with van der Waals surface area (Å²) in [6.07, 6.45) is 0. The molecular formula is C11H13F3N2S. The highest BCUT2D eigenvalue weighted by atomic mass is 32.2. The normalized spacial score (nSPS) is 21.5. The van der Waals surface area contributed by atoms with Gasteiger partial charge in [0.2, 0.25) is 0 Å². The maximum Gasteiger partial charge on any atom is 0.446 e. The molecule has 0 radical (unpaired) electrons. The molecule has 1 aliphatic rings. The minimum atomic E-state index is -4.22. The van der Waals surface area contributed by atoms with Gasteiger partial charge in [-0.3, -0.25) is 0 Å². The van der Waals surface area contributed by atoms with E-state index in [-0.39, 0.29) is 22.7 Å². The lowest BCUT2D eigenvalue weighted by Gasteiger charge is -2.25. The van der Waals surface area contributed by atoms with Crippen LogP contribution in [0, 0.1) is 0 Å². The number of piperazine rings is 1. The third-order valence-corrected chi connectivity index (χ3v) is 3.30. The number of halogens is 3. The van der Waals surface area contributed by atoms with Gasteiger partial charge in [-0.15, -0.1) is 0 Å². The van der Waals surface area contributed by atoms with E-state index in [0.717, 1.165) is 25.2 Å². The van der Waals surface area contributed by atoms with E-state index in [9.17, 15) is 13.2 Å². The average molecular weight is 262 g/mol. The number of nitrogens with one attached hydrogen (secondary N) is 2. The van der Waals surface area contributed by atoms with E-state index in [2.05, 4.69) is 10.6 Å².